The molecule has 1 atom stereocenters. The van der Waals surface area contributed by atoms with Crippen molar-refractivity contribution in [2.24, 2.45) is 5.92 Å². The minimum absolute atomic E-state index is 0.0826. The molecule has 2 heterocycles. The maximum Gasteiger partial charge on any atom is 0.293 e. The number of hydrogen-bond acceptors (Lipinski definition) is 8. The lowest BCUT2D eigenvalue weighted by Gasteiger charge is -2.11. The maximum atomic E-state index is 12.7. The second kappa shape index (κ2) is 12.9. The van der Waals surface area contributed by atoms with E-state index in [1.807, 2.05) is 25.1 Å². The zero-order chi connectivity index (χ0) is 27.1. The van der Waals surface area contributed by atoms with Crippen molar-refractivity contribution in [1.29, 1.82) is 0 Å². The van der Waals surface area contributed by atoms with Gasteiger partial charge in [-0.2, -0.15) is 0 Å². The lowest BCUT2D eigenvalue weighted by Crippen LogP contribution is -2.32. The molecule has 0 unspecified atom stereocenters. The number of rotatable bonds is 12. The molecule has 38 heavy (non-hydrogen) atoms. The van der Waals surface area contributed by atoms with Gasteiger partial charge in [-0.3, -0.25) is 19.4 Å². The molecule has 11 heteroatoms. The molecule has 0 radical (unpaired) electrons. The van der Waals surface area contributed by atoms with Crippen LogP contribution in [0, 0.1) is 5.92 Å². The number of carbonyl (C=O) groups is 2. The van der Waals surface area contributed by atoms with E-state index in [0.717, 1.165) is 10.6 Å². The molecule has 2 N–H and O–H groups in total. The van der Waals surface area contributed by atoms with Crippen molar-refractivity contribution in [2.45, 2.75) is 45.8 Å². The molecule has 200 valence electrons. The molecule has 0 saturated heterocycles. The summed E-state index contributed by atoms with van der Waals surface area (Å²) in [4.78, 5) is 39.0. The molecule has 0 aliphatic heterocycles. The molecule has 3 aromatic rings. The normalized spacial score (nSPS) is 13.9. The molecule has 1 aromatic carbocycles. The quantitative estimate of drug-likeness (QED) is 0.276. The minimum Gasteiger partial charge on any atom is -0.493 e. The van der Waals surface area contributed by atoms with Gasteiger partial charge in [-0.25, -0.2) is 10.5 Å². The van der Waals surface area contributed by atoms with Crippen LogP contribution in [0.25, 0.3) is 6.08 Å². The van der Waals surface area contributed by atoms with Crippen LogP contribution in [0.2, 0.25) is 5.02 Å². The number of hydrogen-bond donors (Lipinski definition) is 2. The van der Waals surface area contributed by atoms with Gasteiger partial charge in [-0.15, -0.1) is 0 Å². The second-order valence-electron chi connectivity index (χ2n) is 9.13. The number of benzene rings is 1. The number of aromatic nitrogens is 2. The standard InChI is InChI=1S/C27H29ClN4O5S/c1-16(2)37-32-26(34)23-12-19(10-11-29-23)25(33)31-17(3)4-8-21-14-30-27(38-21)36-24-9-7-20(13-22(24)28)35-15-18-5-6-18/h4,7-14,16-18H,5-6,15H2,1-3H3,(H,31,33)(H,32,34)/t17-/m0/s1. The van der Waals surface area contributed by atoms with Crippen molar-refractivity contribution in [1.82, 2.24) is 20.8 Å². The van der Waals surface area contributed by atoms with Crippen molar-refractivity contribution >= 4 is 40.8 Å². The van der Waals surface area contributed by atoms with Gasteiger partial charge in [0.2, 0.25) is 0 Å². The molecule has 1 fully saturated rings. The number of halogens is 1. The van der Waals surface area contributed by atoms with Gasteiger partial charge in [-0.1, -0.05) is 29.0 Å². The number of hydroxylamine groups is 1. The Balaban J connectivity index is 1.29. The highest BCUT2D eigenvalue weighted by Crippen LogP contribution is 2.35. The predicted octanol–water partition coefficient (Wildman–Crippen LogP) is 5.67. The van der Waals surface area contributed by atoms with E-state index in [4.69, 9.17) is 25.9 Å². The highest BCUT2D eigenvalue weighted by molar-refractivity contribution is 7.14. The summed E-state index contributed by atoms with van der Waals surface area (Å²) in [5.74, 6) is 1.02. The van der Waals surface area contributed by atoms with Gasteiger partial charge < -0.3 is 14.8 Å². The van der Waals surface area contributed by atoms with Crippen LogP contribution in [0.5, 0.6) is 16.7 Å². The molecular formula is C27H29ClN4O5S. The van der Waals surface area contributed by atoms with Crippen LogP contribution in [0.15, 0.2) is 48.8 Å². The van der Waals surface area contributed by atoms with Crippen LogP contribution in [0.4, 0.5) is 0 Å². The first-order chi connectivity index (χ1) is 18.3. The Bertz CT molecular complexity index is 1310. The number of ether oxygens (including phenoxy) is 2. The Morgan fingerprint density at radius 2 is 1.97 bits per heavy atom. The smallest absolute Gasteiger partial charge is 0.293 e. The van der Waals surface area contributed by atoms with Gasteiger partial charge in [0.05, 0.1) is 22.6 Å². The predicted molar refractivity (Wildman–Crippen MR) is 146 cm³/mol. The maximum absolute atomic E-state index is 12.7. The summed E-state index contributed by atoms with van der Waals surface area (Å²) in [5, 5.41) is 3.76. The van der Waals surface area contributed by atoms with Gasteiger partial charge in [0.1, 0.15) is 17.2 Å². The third kappa shape index (κ3) is 8.27. The summed E-state index contributed by atoms with van der Waals surface area (Å²) < 4.78 is 11.6. The third-order valence-corrected chi connectivity index (χ3v) is 6.47. The lowest BCUT2D eigenvalue weighted by atomic mass is 10.2. The van der Waals surface area contributed by atoms with Crippen molar-refractivity contribution in [2.75, 3.05) is 6.61 Å². The van der Waals surface area contributed by atoms with Crippen LogP contribution in [-0.4, -0.2) is 40.5 Å². The summed E-state index contributed by atoms with van der Waals surface area (Å²) >= 11 is 7.70. The summed E-state index contributed by atoms with van der Waals surface area (Å²) in [5.41, 5.74) is 2.70. The van der Waals surface area contributed by atoms with E-state index >= 15 is 0 Å². The van der Waals surface area contributed by atoms with E-state index < -0.39 is 5.91 Å². The van der Waals surface area contributed by atoms with Crippen LogP contribution >= 0.6 is 22.9 Å². The van der Waals surface area contributed by atoms with Crippen LogP contribution in [-0.2, 0) is 4.84 Å². The molecule has 0 bridgehead atoms. The van der Waals surface area contributed by atoms with E-state index in [1.165, 1.54) is 42.5 Å². The van der Waals surface area contributed by atoms with Crippen molar-refractivity contribution in [3.8, 4) is 16.7 Å². The fourth-order valence-electron chi connectivity index (χ4n) is 3.14. The Morgan fingerprint density at radius 3 is 2.71 bits per heavy atom. The molecule has 1 aliphatic carbocycles. The minimum atomic E-state index is -0.524. The average Bonchev–Trinajstić information content (AvgIpc) is 3.63. The number of thiazole rings is 1. The number of carbonyl (C=O) groups excluding carboxylic acids is 2. The zero-order valence-corrected chi connectivity index (χ0v) is 22.8. The molecule has 4 rings (SSSR count). The van der Waals surface area contributed by atoms with E-state index in [0.29, 0.717) is 34.1 Å². The van der Waals surface area contributed by atoms with E-state index in [-0.39, 0.29) is 23.7 Å². The first-order valence-corrected chi connectivity index (χ1v) is 13.4. The van der Waals surface area contributed by atoms with Gasteiger partial charge in [-0.05, 0) is 69.9 Å². The molecule has 1 aliphatic rings. The SMILES string of the molecule is CC(C)ONC(=O)c1cc(C(=O)N[C@@H](C)C=Cc2cnc(Oc3ccc(OCC4CC4)cc3Cl)s2)ccn1. The largest absolute Gasteiger partial charge is 0.493 e. The third-order valence-electron chi connectivity index (χ3n) is 5.34. The highest BCUT2D eigenvalue weighted by Gasteiger charge is 2.22. The lowest BCUT2D eigenvalue weighted by molar-refractivity contribution is -0.000139. The molecule has 1 saturated carbocycles. The molecule has 2 amide bonds. The number of amides is 2. The van der Waals surface area contributed by atoms with Gasteiger partial charge in [0.15, 0.2) is 0 Å². The molecule has 0 spiro atoms. The van der Waals surface area contributed by atoms with Crippen molar-refractivity contribution < 1.29 is 23.9 Å². The summed E-state index contributed by atoms with van der Waals surface area (Å²) in [6.45, 7) is 6.12. The van der Waals surface area contributed by atoms with Crippen molar-refractivity contribution in [3.63, 3.8) is 0 Å². The van der Waals surface area contributed by atoms with Gasteiger partial charge >= 0.3 is 0 Å². The Kier molecular flexibility index (Phi) is 9.33. The van der Waals surface area contributed by atoms with E-state index in [1.54, 1.807) is 32.2 Å². The molecule has 2 aromatic heterocycles. The van der Waals surface area contributed by atoms with E-state index in [9.17, 15) is 9.59 Å². The Morgan fingerprint density at radius 1 is 1.16 bits per heavy atom. The average molecular weight is 557 g/mol. The highest BCUT2D eigenvalue weighted by atomic mass is 35.5. The first-order valence-electron chi connectivity index (χ1n) is 12.2. The Hall–Kier alpha value is -3.47. The van der Waals surface area contributed by atoms with Gasteiger partial charge in [0, 0.05) is 30.1 Å². The second-order valence-corrected chi connectivity index (χ2v) is 10.6. The number of nitrogens with one attached hydrogen (secondary N) is 2. The number of nitrogens with zero attached hydrogens (tertiary/aromatic N) is 2. The monoisotopic (exact) mass is 556 g/mol. The topological polar surface area (TPSA) is 112 Å². The van der Waals surface area contributed by atoms with E-state index in [2.05, 4.69) is 20.8 Å². The van der Waals surface area contributed by atoms with Crippen LogP contribution < -0.4 is 20.3 Å². The van der Waals surface area contributed by atoms with Crippen LogP contribution in [0.3, 0.4) is 0 Å². The zero-order valence-electron chi connectivity index (χ0n) is 21.3. The Labute approximate surface area is 230 Å². The molecular weight excluding hydrogens is 528 g/mol. The fourth-order valence-corrected chi connectivity index (χ4v) is 4.04. The van der Waals surface area contributed by atoms with Crippen LogP contribution in [0.1, 0.15) is 59.3 Å². The summed E-state index contributed by atoms with van der Waals surface area (Å²) in [6, 6.07) is 8.01. The first kappa shape index (κ1) is 27.6. The number of pyridine rings is 1. The van der Waals surface area contributed by atoms with Crippen molar-refractivity contribution in [3.05, 3.63) is 70.0 Å². The summed E-state index contributed by atoms with van der Waals surface area (Å²) in [7, 11) is 0. The molecule has 9 nitrogen and oxygen atoms in total. The summed E-state index contributed by atoms with van der Waals surface area (Å²) in [6.07, 6.45) is 9.03. The fraction of sp³-hybridized carbons (Fsp3) is 0.333. The van der Waals surface area contributed by atoms with Gasteiger partial charge in [0.25, 0.3) is 17.0 Å².